The molecule has 3 rings (SSSR count). The van der Waals surface area contributed by atoms with Gasteiger partial charge in [-0.3, -0.25) is 9.59 Å². The van der Waals surface area contributed by atoms with Crippen molar-refractivity contribution in [1.82, 2.24) is 10.2 Å². The van der Waals surface area contributed by atoms with Gasteiger partial charge < -0.3 is 10.2 Å². The highest BCUT2D eigenvalue weighted by Gasteiger charge is 2.55. The maximum Gasteiger partial charge on any atom is 0.246 e. The summed E-state index contributed by atoms with van der Waals surface area (Å²) in [5.41, 5.74) is -0.504. The van der Waals surface area contributed by atoms with Crippen LogP contribution in [0.5, 0.6) is 0 Å². The van der Waals surface area contributed by atoms with E-state index in [2.05, 4.69) is 12.2 Å². The quantitative estimate of drug-likeness (QED) is 0.784. The molecule has 1 aliphatic heterocycles. The van der Waals surface area contributed by atoms with Crippen molar-refractivity contribution in [1.29, 1.82) is 0 Å². The Morgan fingerprint density at radius 3 is 2.50 bits per heavy atom. The van der Waals surface area contributed by atoms with E-state index in [1.54, 1.807) is 0 Å². The first-order valence-electron chi connectivity index (χ1n) is 8.31. The summed E-state index contributed by atoms with van der Waals surface area (Å²) in [7, 11) is 0. The number of carbonyl (C=O) groups excluding carboxylic acids is 2. The van der Waals surface area contributed by atoms with Gasteiger partial charge in [-0.1, -0.05) is 32.6 Å². The van der Waals surface area contributed by atoms with Crippen LogP contribution in [0.1, 0.15) is 64.7 Å². The fraction of sp³-hybridized carbons (Fsp3) is 0.875. The predicted octanol–water partition coefficient (Wildman–Crippen LogP) is 2.23. The van der Waals surface area contributed by atoms with Crippen LogP contribution >= 0.6 is 0 Å². The van der Waals surface area contributed by atoms with Gasteiger partial charge in [-0.15, -0.1) is 0 Å². The van der Waals surface area contributed by atoms with E-state index in [-0.39, 0.29) is 17.9 Å². The minimum atomic E-state index is -0.504. The summed E-state index contributed by atoms with van der Waals surface area (Å²) >= 11 is 0. The lowest BCUT2D eigenvalue weighted by Crippen LogP contribution is -2.70. The standard InChI is InChI=1S/C16H26N2O2/c1-2-3-6-11-18-14(19)13(12-7-8-12)17-15(20)16(18)9-4-5-10-16/h12-13H,2-11H2,1H3,(H,17,20). The van der Waals surface area contributed by atoms with Crippen LogP contribution in [0.4, 0.5) is 0 Å². The molecule has 1 spiro atoms. The van der Waals surface area contributed by atoms with Crippen LogP contribution < -0.4 is 5.32 Å². The average molecular weight is 278 g/mol. The Bertz CT molecular complexity index is 397. The first-order chi connectivity index (χ1) is 9.69. The van der Waals surface area contributed by atoms with Crippen LogP contribution in [0.25, 0.3) is 0 Å². The van der Waals surface area contributed by atoms with Crippen molar-refractivity contribution in [3.8, 4) is 0 Å². The number of nitrogens with zero attached hydrogens (tertiary/aromatic N) is 1. The zero-order chi connectivity index (χ0) is 14.2. The van der Waals surface area contributed by atoms with Crippen LogP contribution in [-0.2, 0) is 9.59 Å². The highest BCUT2D eigenvalue weighted by atomic mass is 16.2. The van der Waals surface area contributed by atoms with Gasteiger partial charge in [0.15, 0.2) is 0 Å². The number of hydrogen-bond acceptors (Lipinski definition) is 2. The maximum absolute atomic E-state index is 12.8. The lowest BCUT2D eigenvalue weighted by Gasteiger charge is -2.46. The highest BCUT2D eigenvalue weighted by molar-refractivity contribution is 6.00. The lowest BCUT2D eigenvalue weighted by molar-refractivity contribution is -0.158. The molecule has 2 amide bonds. The molecule has 3 fully saturated rings. The first kappa shape index (κ1) is 13.9. The maximum atomic E-state index is 12.8. The van der Waals surface area contributed by atoms with Crippen molar-refractivity contribution in [3.05, 3.63) is 0 Å². The topological polar surface area (TPSA) is 49.4 Å². The molecule has 0 aromatic carbocycles. The Hall–Kier alpha value is -1.06. The lowest BCUT2D eigenvalue weighted by atomic mass is 9.88. The molecule has 1 unspecified atom stereocenters. The Morgan fingerprint density at radius 2 is 1.90 bits per heavy atom. The van der Waals surface area contributed by atoms with Crippen molar-refractivity contribution in [2.45, 2.75) is 76.3 Å². The van der Waals surface area contributed by atoms with Crippen molar-refractivity contribution in [2.24, 2.45) is 5.92 Å². The normalized spacial score (nSPS) is 29.1. The van der Waals surface area contributed by atoms with Gasteiger partial charge in [0.05, 0.1) is 0 Å². The Balaban J connectivity index is 1.80. The summed E-state index contributed by atoms with van der Waals surface area (Å²) in [6.45, 7) is 2.94. The number of piperazine rings is 1. The van der Waals surface area contributed by atoms with Gasteiger partial charge in [0.1, 0.15) is 11.6 Å². The number of hydrogen-bond donors (Lipinski definition) is 1. The van der Waals surface area contributed by atoms with Crippen molar-refractivity contribution >= 4 is 11.8 Å². The molecule has 0 aromatic rings. The third-order valence-corrected chi connectivity index (χ3v) is 5.27. The SMILES string of the molecule is CCCCCN1C(=O)C(C2CC2)NC(=O)C12CCCC2. The Morgan fingerprint density at radius 1 is 1.20 bits per heavy atom. The first-order valence-corrected chi connectivity index (χ1v) is 8.31. The molecule has 0 radical (unpaired) electrons. The number of rotatable bonds is 5. The molecule has 1 heterocycles. The molecule has 3 aliphatic rings. The van der Waals surface area contributed by atoms with E-state index in [1.165, 1.54) is 0 Å². The van der Waals surface area contributed by atoms with E-state index in [0.29, 0.717) is 5.92 Å². The number of unbranched alkanes of at least 4 members (excludes halogenated alkanes) is 2. The minimum Gasteiger partial charge on any atom is -0.342 e. The van der Waals surface area contributed by atoms with Gasteiger partial charge >= 0.3 is 0 Å². The molecule has 20 heavy (non-hydrogen) atoms. The average Bonchev–Trinajstić information content (AvgIpc) is 3.16. The van der Waals surface area contributed by atoms with Crippen LogP contribution in [0.15, 0.2) is 0 Å². The smallest absolute Gasteiger partial charge is 0.246 e. The van der Waals surface area contributed by atoms with E-state index in [0.717, 1.165) is 64.3 Å². The summed E-state index contributed by atoms with van der Waals surface area (Å²) in [5.74, 6) is 0.729. The third kappa shape index (κ3) is 2.23. The zero-order valence-electron chi connectivity index (χ0n) is 12.5. The molecular formula is C16H26N2O2. The summed E-state index contributed by atoms with van der Waals surface area (Å²) < 4.78 is 0. The molecule has 0 bridgehead atoms. The summed E-state index contributed by atoms with van der Waals surface area (Å²) in [6.07, 6.45) is 9.33. The van der Waals surface area contributed by atoms with Crippen molar-refractivity contribution in [2.75, 3.05) is 6.54 Å². The summed E-state index contributed by atoms with van der Waals surface area (Å²) in [6, 6.07) is -0.227. The van der Waals surface area contributed by atoms with E-state index in [1.807, 2.05) is 4.90 Å². The summed E-state index contributed by atoms with van der Waals surface area (Å²) in [5, 5.41) is 3.05. The number of amides is 2. The van der Waals surface area contributed by atoms with E-state index >= 15 is 0 Å². The van der Waals surface area contributed by atoms with Crippen molar-refractivity contribution in [3.63, 3.8) is 0 Å². The monoisotopic (exact) mass is 278 g/mol. The zero-order valence-corrected chi connectivity index (χ0v) is 12.5. The van der Waals surface area contributed by atoms with Crippen LogP contribution in [-0.4, -0.2) is 34.8 Å². The molecule has 112 valence electrons. The fourth-order valence-electron chi connectivity index (χ4n) is 3.89. The molecule has 1 atom stereocenters. The second-order valence-corrected chi connectivity index (χ2v) is 6.72. The van der Waals surface area contributed by atoms with E-state index in [9.17, 15) is 9.59 Å². The second-order valence-electron chi connectivity index (χ2n) is 6.72. The van der Waals surface area contributed by atoms with Gasteiger partial charge in [-0.05, 0) is 38.0 Å². The fourth-order valence-corrected chi connectivity index (χ4v) is 3.89. The van der Waals surface area contributed by atoms with Gasteiger partial charge in [0.25, 0.3) is 0 Å². The number of carbonyl (C=O) groups is 2. The number of nitrogens with one attached hydrogen (secondary N) is 1. The van der Waals surface area contributed by atoms with Gasteiger partial charge in [0, 0.05) is 6.54 Å². The van der Waals surface area contributed by atoms with Gasteiger partial charge in [-0.2, -0.15) is 0 Å². The second kappa shape index (κ2) is 5.38. The van der Waals surface area contributed by atoms with Crippen LogP contribution in [0.3, 0.4) is 0 Å². The molecule has 1 N–H and O–H groups in total. The molecule has 4 nitrogen and oxygen atoms in total. The van der Waals surface area contributed by atoms with E-state index in [4.69, 9.17) is 0 Å². The molecule has 2 saturated carbocycles. The van der Waals surface area contributed by atoms with E-state index < -0.39 is 5.54 Å². The van der Waals surface area contributed by atoms with Gasteiger partial charge in [0.2, 0.25) is 11.8 Å². The molecule has 2 aliphatic carbocycles. The largest absolute Gasteiger partial charge is 0.342 e. The molecular weight excluding hydrogens is 252 g/mol. The molecule has 4 heteroatoms. The highest BCUT2D eigenvalue weighted by Crippen LogP contribution is 2.42. The Labute approximate surface area is 121 Å². The van der Waals surface area contributed by atoms with Crippen molar-refractivity contribution < 1.29 is 9.59 Å². The molecule has 0 aromatic heterocycles. The third-order valence-electron chi connectivity index (χ3n) is 5.27. The van der Waals surface area contributed by atoms with Crippen LogP contribution in [0.2, 0.25) is 0 Å². The minimum absolute atomic E-state index is 0.128. The Kier molecular flexibility index (Phi) is 3.74. The molecule has 1 saturated heterocycles. The van der Waals surface area contributed by atoms with Crippen LogP contribution in [0, 0.1) is 5.92 Å². The predicted molar refractivity (Wildman–Crippen MR) is 77.1 cm³/mol. The van der Waals surface area contributed by atoms with Gasteiger partial charge in [-0.25, -0.2) is 0 Å². The summed E-state index contributed by atoms with van der Waals surface area (Å²) in [4.78, 5) is 27.4.